The van der Waals surface area contributed by atoms with Crippen LogP contribution in [0.15, 0.2) is 28.6 Å². The topological polar surface area (TPSA) is 69.6 Å². The van der Waals surface area contributed by atoms with Gasteiger partial charge in [0.2, 0.25) is 5.91 Å². The van der Waals surface area contributed by atoms with Crippen molar-refractivity contribution in [2.24, 2.45) is 4.99 Å². The van der Waals surface area contributed by atoms with Crippen LogP contribution in [0.3, 0.4) is 0 Å². The summed E-state index contributed by atoms with van der Waals surface area (Å²) in [6.45, 7) is 5.02. The number of rotatable bonds is 6. The Labute approximate surface area is 163 Å². The fourth-order valence-electron chi connectivity index (χ4n) is 2.43. The molecule has 0 saturated carbocycles. The second kappa shape index (κ2) is 9.54. The maximum Gasteiger partial charge on any atom is 0.226 e. The Hall–Kier alpha value is -2.12. The van der Waals surface area contributed by atoms with Gasteiger partial charge in [0, 0.05) is 43.2 Å². The molecule has 0 atom stereocenters. The highest BCUT2D eigenvalue weighted by Gasteiger charge is 2.10. The molecule has 0 aliphatic heterocycles. The first-order chi connectivity index (χ1) is 12.4. The van der Waals surface area contributed by atoms with Gasteiger partial charge in [-0.2, -0.15) is 0 Å². The fraction of sp³-hybridized carbons (Fsp3) is 0.389. The third-order valence-electron chi connectivity index (χ3n) is 3.82. The molecule has 0 aliphatic carbocycles. The number of amides is 1. The number of anilines is 1. The van der Waals surface area contributed by atoms with Crippen molar-refractivity contribution in [1.82, 2.24) is 15.2 Å². The maximum absolute atomic E-state index is 12.2. The van der Waals surface area contributed by atoms with Crippen LogP contribution in [-0.2, 0) is 11.3 Å². The Morgan fingerprint density at radius 2 is 2.15 bits per heavy atom. The van der Waals surface area contributed by atoms with Crippen LogP contribution in [-0.4, -0.2) is 42.4 Å². The first kappa shape index (κ1) is 20.2. The van der Waals surface area contributed by atoms with Crippen LogP contribution in [0.25, 0.3) is 0 Å². The monoisotopic (exact) mass is 393 g/mol. The zero-order valence-electron chi connectivity index (χ0n) is 15.5. The lowest BCUT2D eigenvalue weighted by Crippen LogP contribution is -2.39. The summed E-state index contributed by atoms with van der Waals surface area (Å²) in [4.78, 5) is 22.8. The number of carbonyl (C=O) groups is 1. The van der Waals surface area contributed by atoms with Crippen molar-refractivity contribution >= 4 is 40.5 Å². The lowest BCUT2D eigenvalue weighted by Gasteiger charge is -2.21. The van der Waals surface area contributed by atoms with E-state index in [4.69, 9.17) is 11.6 Å². The fourth-order valence-corrected chi connectivity index (χ4v) is 3.21. The normalized spacial score (nSPS) is 11.3. The highest BCUT2D eigenvalue weighted by atomic mass is 35.5. The van der Waals surface area contributed by atoms with Crippen LogP contribution in [0.1, 0.15) is 22.7 Å². The SMILES string of the molecule is CN=C(NCCC(=O)Nc1cccc(Cl)c1C)N(C)Cc1csc(C)n1. The van der Waals surface area contributed by atoms with Crippen molar-refractivity contribution in [3.8, 4) is 0 Å². The number of benzene rings is 1. The number of hydrogen-bond donors (Lipinski definition) is 2. The molecular formula is C18H24ClN5OS. The summed E-state index contributed by atoms with van der Waals surface area (Å²) in [7, 11) is 3.67. The lowest BCUT2D eigenvalue weighted by molar-refractivity contribution is -0.116. The van der Waals surface area contributed by atoms with Crippen LogP contribution in [0.2, 0.25) is 5.02 Å². The van der Waals surface area contributed by atoms with Gasteiger partial charge in [-0.05, 0) is 31.5 Å². The predicted molar refractivity (Wildman–Crippen MR) is 109 cm³/mol. The van der Waals surface area contributed by atoms with E-state index in [1.54, 1.807) is 24.5 Å². The molecule has 0 fully saturated rings. The molecule has 0 bridgehead atoms. The molecule has 0 radical (unpaired) electrons. The second-order valence-electron chi connectivity index (χ2n) is 5.90. The third kappa shape index (κ3) is 5.71. The van der Waals surface area contributed by atoms with Crippen molar-refractivity contribution in [3.05, 3.63) is 44.9 Å². The summed E-state index contributed by atoms with van der Waals surface area (Å²) in [5.41, 5.74) is 2.61. The summed E-state index contributed by atoms with van der Waals surface area (Å²) in [5, 5.41) is 9.82. The van der Waals surface area contributed by atoms with Crippen molar-refractivity contribution in [1.29, 1.82) is 0 Å². The van der Waals surface area contributed by atoms with Gasteiger partial charge in [0.1, 0.15) is 0 Å². The molecule has 1 heterocycles. The van der Waals surface area contributed by atoms with Crippen LogP contribution < -0.4 is 10.6 Å². The third-order valence-corrected chi connectivity index (χ3v) is 5.05. The lowest BCUT2D eigenvalue weighted by atomic mass is 10.2. The van der Waals surface area contributed by atoms with Gasteiger partial charge in [-0.15, -0.1) is 11.3 Å². The van der Waals surface area contributed by atoms with Crippen LogP contribution >= 0.6 is 22.9 Å². The summed E-state index contributed by atoms with van der Waals surface area (Å²) in [6, 6.07) is 5.47. The smallest absolute Gasteiger partial charge is 0.226 e. The van der Waals surface area contributed by atoms with Gasteiger partial charge in [0.05, 0.1) is 17.2 Å². The van der Waals surface area contributed by atoms with Gasteiger partial charge < -0.3 is 15.5 Å². The molecule has 1 aromatic carbocycles. The van der Waals surface area contributed by atoms with E-state index in [-0.39, 0.29) is 5.91 Å². The van der Waals surface area contributed by atoms with Crippen molar-refractivity contribution in [3.63, 3.8) is 0 Å². The molecule has 26 heavy (non-hydrogen) atoms. The number of hydrogen-bond acceptors (Lipinski definition) is 4. The van der Waals surface area contributed by atoms with E-state index in [9.17, 15) is 4.79 Å². The van der Waals surface area contributed by atoms with E-state index < -0.39 is 0 Å². The highest BCUT2D eigenvalue weighted by Crippen LogP contribution is 2.22. The molecule has 0 saturated heterocycles. The molecule has 1 amide bonds. The maximum atomic E-state index is 12.2. The molecule has 2 rings (SSSR count). The molecule has 0 spiro atoms. The minimum absolute atomic E-state index is 0.0731. The number of aryl methyl sites for hydroxylation is 1. The summed E-state index contributed by atoms with van der Waals surface area (Å²) in [6.07, 6.45) is 0.328. The molecule has 0 unspecified atom stereocenters. The zero-order chi connectivity index (χ0) is 19.1. The molecule has 6 nitrogen and oxygen atoms in total. The van der Waals surface area contributed by atoms with E-state index in [2.05, 4.69) is 20.6 Å². The van der Waals surface area contributed by atoms with Gasteiger partial charge in [0.25, 0.3) is 0 Å². The summed E-state index contributed by atoms with van der Waals surface area (Å²) in [5.74, 6) is 0.651. The number of nitrogens with one attached hydrogen (secondary N) is 2. The van der Waals surface area contributed by atoms with Gasteiger partial charge in [-0.3, -0.25) is 9.79 Å². The molecule has 8 heteroatoms. The van der Waals surface area contributed by atoms with Crippen molar-refractivity contribution in [2.45, 2.75) is 26.8 Å². The van der Waals surface area contributed by atoms with E-state index in [0.29, 0.717) is 24.5 Å². The van der Waals surface area contributed by atoms with E-state index >= 15 is 0 Å². The molecule has 2 N–H and O–H groups in total. The minimum Gasteiger partial charge on any atom is -0.356 e. The molecular weight excluding hydrogens is 370 g/mol. The summed E-state index contributed by atoms with van der Waals surface area (Å²) < 4.78 is 0. The van der Waals surface area contributed by atoms with Gasteiger partial charge in [0.15, 0.2) is 5.96 Å². The molecule has 1 aromatic heterocycles. The highest BCUT2D eigenvalue weighted by molar-refractivity contribution is 7.09. The van der Waals surface area contributed by atoms with Gasteiger partial charge >= 0.3 is 0 Å². The number of aliphatic imine (C=N–C) groups is 1. The van der Waals surface area contributed by atoms with E-state index in [1.807, 2.05) is 43.3 Å². The van der Waals surface area contributed by atoms with Crippen LogP contribution in [0.4, 0.5) is 5.69 Å². The Morgan fingerprint density at radius 3 is 2.81 bits per heavy atom. The van der Waals surface area contributed by atoms with Crippen molar-refractivity contribution < 1.29 is 4.79 Å². The first-order valence-corrected chi connectivity index (χ1v) is 9.54. The van der Waals surface area contributed by atoms with Crippen LogP contribution in [0.5, 0.6) is 0 Å². The largest absolute Gasteiger partial charge is 0.356 e. The Balaban J connectivity index is 1.81. The van der Waals surface area contributed by atoms with Crippen LogP contribution in [0, 0.1) is 13.8 Å². The molecule has 140 valence electrons. The second-order valence-corrected chi connectivity index (χ2v) is 7.37. The average Bonchev–Trinajstić information content (AvgIpc) is 3.00. The number of nitrogens with zero attached hydrogens (tertiary/aromatic N) is 3. The Morgan fingerprint density at radius 1 is 1.38 bits per heavy atom. The quantitative estimate of drug-likeness (QED) is 0.582. The summed E-state index contributed by atoms with van der Waals surface area (Å²) >= 11 is 7.71. The zero-order valence-corrected chi connectivity index (χ0v) is 17.0. The Kier molecular flexibility index (Phi) is 7.41. The van der Waals surface area contributed by atoms with Gasteiger partial charge in [-0.1, -0.05) is 17.7 Å². The number of halogens is 1. The van der Waals surface area contributed by atoms with Gasteiger partial charge in [-0.25, -0.2) is 4.98 Å². The standard InChI is InChI=1S/C18H24ClN5OS/c1-12-15(19)6-5-7-16(12)23-17(25)8-9-21-18(20-3)24(4)10-14-11-26-13(2)22-14/h5-7,11H,8-10H2,1-4H3,(H,20,21)(H,23,25). The van der Waals surface area contributed by atoms with E-state index in [0.717, 1.165) is 27.9 Å². The Bertz CT molecular complexity index is 790. The van der Waals surface area contributed by atoms with E-state index in [1.165, 1.54) is 0 Å². The first-order valence-electron chi connectivity index (χ1n) is 8.28. The average molecular weight is 394 g/mol. The number of aromatic nitrogens is 1. The molecule has 2 aromatic rings. The number of carbonyl (C=O) groups excluding carboxylic acids is 1. The number of thiazole rings is 1. The predicted octanol–water partition coefficient (Wildman–Crippen LogP) is 3.45. The number of guanidine groups is 1. The minimum atomic E-state index is -0.0731. The molecule has 0 aliphatic rings. The van der Waals surface area contributed by atoms with Crippen molar-refractivity contribution in [2.75, 3.05) is 26.0 Å².